The van der Waals surface area contributed by atoms with E-state index in [1.54, 1.807) is 60.7 Å². The minimum Gasteiger partial charge on any atom is -0.409 e. The molecule has 132 valence electrons. The number of rotatable bonds is 2. The third kappa shape index (κ3) is 3.41. The first kappa shape index (κ1) is 16.5. The summed E-state index contributed by atoms with van der Waals surface area (Å²) in [7, 11) is 0. The summed E-state index contributed by atoms with van der Waals surface area (Å²) in [5.41, 5.74) is 1.75. The molecule has 6 heteroatoms. The molecule has 1 N–H and O–H groups in total. The normalized spacial score (nSPS) is 11.5. The fraction of sp³-hybridized carbons (Fsp3) is 0. The summed E-state index contributed by atoms with van der Waals surface area (Å²) in [4.78, 5) is 29.3. The minimum atomic E-state index is -0.619. The van der Waals surface area contributed by atoms with Crippen LogP contribution in [0.2, 0.25) is 0 Å². The van der Waals surface area contributed by atoms with Crippen molar-refractivity contribution in [3.8, 4) is 5.69 Å². The van der Waals surface area contributed by atoms with Gasteiger partial charge in [0.2, 0.25) is 0 Å². The van der Waals surface area contributed by atoms with Gasteiger partial charge < -0.3 is 9.73 Å². The zero-order valence-corrected chi connectivity index (χ0v) is 14.2. The first-order chi connectivity index (χ1) is 13.2. The maximum Gasteiger partial charge on any atom is 0.425 e. The predicted molar refractivity (Wildman–Crippen MR) is 103 cm³/mol. The molecule has 6 nitrogen and oxygen atoms in total. The standard InChI is InChI=1S/C21H15N3O3/c25-20(22-15-9-3-1-4-10-15)23-19-17-13-7-8-14-18(17)27-21(26)24(19)16-11-5-2-6-12-16/h1-14H,(H,22,25). The molecule has 1 aromatic heterocycles. The maximum atomic E-state index is 12.6. The van der Waals surface area contributed by atoms with Gasteiger partial charge in [-0.05, 0) is 36.4 Å². The summed E-state index contributed by atoms with van der Waals surface area (Å²) in [5, 5.41) is 3.26. The number of carbonyl (C=O) groups is 1. The zero-order chi connectivity index (χ0) is 18.6. The van der Waals surface area contributed by atoms with Crippen LogP contribution in [0.4, 0.5) is 10.5 Å². The topological polar surface area (TPSA) is 76.6 Å². The van der Waals surface area contributed by atoms with Crippen LogP contribution in [-0.2, 0) is 0 Å². The Morgan fingerprint density at radius 1 is 0.852 bits per heavy atom. The number of nitrogens with zero attached hydrogens (tertiary/aromatic N) is 2. The molecule has 0 aliphatic carbocycles. The summed E-state index contributed by atoms with van der Waals surface area (Å²) < 4.78 is 6.69. The molecule has 3 aromatic carbocycles. The fourth-order valence-electron chi connectivity index (χ4n) is 2.77. The highest BCUT2D eigenvalue weighted by Gasteiger charge is 2.11. The van der Waals surface area contributed by atoms with Crippen molar-refractivity contribution in [3.05, 3.63) is 101 Å². The molecule has 0 bridgehead atoms. The Hall–Kier alpha value is -3.93. The van der Waals surface area contributed by atoms with Crippen LogP contribution in [0.15, 0.2) is 99.1 Å². The Labute approximate surface area is 154 Å². The van der Waals surface area contributed by atoms with Gasteiger partial charge in [0.05, 0.1) is 11.1 Å². The average molecular weight is 357 g/mol. The molecule has 0 saturated heterocycles. The fourth-order valence-corrected chi connectivity index (χ4v) is 2.77. The first-order valence-corrected chi connectivity index (χ1v) is 8.33. The van der Waals surface area contributed by atoms with Gasteiger partial charge in [-0.15, -0.1) is 0 Å². The van der Waals surface area contributed by atoms with Gasteiger partial charge in [0.15, 0.2) is 5.49 Å². The molecule has 1 heterocycles. The number of hydrogen-bond donors (Lipinski definition) is 1. The summed E-state index contributed by atoms with van der Waals surface area (Å²) >= 11 is 0. The molecule has 0 atom stereocenters. The van der Waals surface area contributed by atoms with Crippen LogP contribution in [0.5, 0.6) is 0 Å². The van der Waals surface area contributed by atoms with Gasteiger partial charge >= 0.3 is 11.8 Å². The molecule has 2 amide bonds. The van der Waals surface area contributed by atoms with E-state index in [9.17, 15) is 9.59 Å². The Morgan fingerprint density at radius 2 is 1.48 bits per heavy atom. The second kappa shape index (κ2) is 7.13. The highest BCUT2D eigenvalue weighted by Crippen LogP contribution is 2.10. The number of nitrogens with one attached hydrogen (secondary N) is 1. The number of urea groups is 1. The number of anilines is 1. The quantitative estimate of drug-likeness (QED) is 0.594. The monoisotopic (exact) mass is 357 g/mol. The minimum absolute atomic E-state index is 0.210. The molecule has 0 radical (unpaired) electrons. The predicted octanol–water partition coefficient (Wildman–Crippen LogP) is 3.72. The van der Waals surface area contributed by atoms with Crippen molar-refractivity contribution in [1.29, 1.82) is 0 Å². The molecular formula is C21H15N3O3. The number of para-hydroxylation sites is 3. The molecule has 4 aromatic rings. The van der Waals surface area contributed by atoms with E-state index in [-0.39, 0.29) is 5.49 Å². The Bertz CT molecular complexity index is 1230. The summed E-state index contributed by atoms with van der Waals surface area (Å²) in [5.74, 6) is -0.619. The van der Waals surface area contributed by atoms with Gasteiger partial charge in [-0.25, -0.2) is 14.2 Å². The van der Waals surface area contributed by atoms with Gasteiger partial charge in [-0.2, -0.15) is 4.99 Å². The lowest BCUT2D eigenvalue weighted by molar-refractivity contribution is 0.258. The summed E-state index contributed by atoms with van der Waals surface area (Å²) in [6.45, 7) is 0. The second-order valence-corrected chi connectivity index (χ2v) is 5.77. The number of carbonyl (C=O) groups excluding carboxylic acids is 1. The number of benzene rings is 3. The van der Waals surface area contributed by atoms with Crippen molar-refractivity contribution in [1.82, 2.24) is 4.57 Å². The van der Waals surface area contributed by atoms with Crippen LogP contribution in [0.3, 0.4) is 0 Å². The SMILES string of the molecule is O=C(N=c1c2ccccc2oc(=O)n1-c1ccccc1)Nc1ccccc1. The van der Waals surface area contributed by atoms with Crippen LogP contribution in [0, 0.1) is 0 Å². The largest absolute Gasteiger partial charge is 0.425 e. The molecule has 0 aliphatic heterocycles. The van der Waals surface area contributed by atoms with Crippen molar-refractivity contribution in [2.45, 2.75) is 0 Å². The van der Waals surface area contributed by atoms with Crippen molar-refractivity contribution >= 4 is 22.7 Å². The number of hydrogen-bond acceptors (Lipinski definition) is 3. The van der Waals surface area contributed by atoms with Crippen molar-refractivity contribution in [3.63, 3.8) is 0 Å². The lowest BCUT2D eigenvalue weighted by atomic mass is 10.2. The maximum absolute atomic E-state index is 12.6. The molecular weight excluding hydrogens is 342 g/mol. The number of fused-ring (bicyclic) bond motifs is 1. The van der Waals surface area contributed by atoms with Crippen molar-refractivity contribution in [2.75, 3.05) is 5.32 Å². The van der Waals surface area contributed by atoms with Crippen LogP contribution >= 0.6 is 0 Å². The van der Waals surface area contributed by atoms with Gasteiger partial charge in [0.25, 0.3) is 0 Å². The third-order valence-corrected chi connectivity index (χ3v) is 3.97. The number of aromatic nitrogens is 1. The molecule has 0 aliphatic rings. The Balaban J connectivity index is 1.94. The first-order valence-electron chi connectivity index (χ1n) is 8.33. The zero-order valence-electron chi connectivity index (χ0n) is 14.2. The third-order valence-electron chi connectivity index (χ3n) is 3.97. The van der Waals surface area contributed by atoms with Crippen LogP contribution in [0.1, 0.15) is 0 Å². The van der Waals surface area contributed by atoms with E-state index < -0.39 is 11.8 Å². The summed E-state index contributed by atoms with van der Waals surface area (Å²) in [6.07, 6.45) is 0. The van der Waals surface area contributed by atoms with Gasteiger partial charge in [0, 0.05) is 5.69 Å². The van der Waals surface area contributed by atoms with E-state index in [0.717, 1.165) is 0 Å². The van der Waals surface area contributed by atoms with Gasteiger partial charge in [0.1, 0.15) is 5.58 Å². The molecule has 4 rings (SSSR count). The van der Waals surface area contributed by atoms with Crippen LogP contribution < -0.4 is 16.6 Å². The lowest BCUT2D eigenvalue weighted by Gasteiger charge is -2.08. The molecule has 27 heavy (non-hydrogen) atoms. The Kier molecular flexibility index (Phi) is 4.37. The summed E-state index contributed by atoms with van der Waals surface area (Å²) in [6, 6.07) is 24.3. The van der Waals surface area contributed by atoms with Crippen molar-refractivity contribution < 1.29 is 9.21 Å². The average Bonchev–Trinajstić information content (AvgIpc) is 2.69. The van der Waals surface area contributed by atoms with Crippen LogP contribution in [0.25, 0.3) is 16.7 Å². The van der Waals surface area contributed by atoms with E-state index in [1.165, 1.54) is 4.57 Å². The Morgan fingerprint density at radius 3 is 2.22 bits per heavy atom. The molecule has 0 saturated carbocycles. The molecule has 0 spiro atoms. The second-order valence-electron chi connectivity index (χ2n) is 5.77. The number of amides is 2. The van der Waals surface area contributed by atoms with Gasteiger partial charge in [-0.3, -0.25) is 0 Å². The molecule has 0 fully saturated rings. The van der Waals surface area contributed by atoms with E-state index in [4.69, 9.17) is 4.42 Å². The van der Waals surface area contributed by atoms with E-state index >= 15 is 0 Å². The van der Waals surface area contributed by atoms with E-state index in [2.05, 4.69) is 10.3 Å². The highest BCUT2D eigenvalue weighted by atomic mass is 16.4. The highest BCUT2D eigenvalue weighted by molar-refractivity contribution is 5.90. The van der Waals surface area contributed by atoms with Crippen molar-refractivity contribution in [2.24, 2.45) is 4.99 Å². The smallest absolute Gasteiger partial charge is 0.409 e. The van der Waals surface area contributed by atoms with E-state index in [0.29, 0.717) is 22.3 Å². The lowest BCUT2D eigenvalue weighted by Crippen LogP contribution is -2.33. The van der Waals surface area contributed by atoms with Gasteiger partial charge in [-0.1, -0.05) is 48.5 Å². The molecule has 0 unspecified atom stereocenters. The van der Waals surface area contributed by atoms with E-state index in [1.807, 2.05) is 24.3 Å². The van der Waals surface area contributed by atoms with Crippen LogP contribution in [-0.4, -0.2) is 10.6 Å².